The molecule has 2 heterocycles. The van der Waals surface area contributed by atoms with Crippen LogP contribution in [0.15, 0.2) is 12.2 Å². The molecule has 9 N–H and O–H groups in total. The number of hydrogen-bond donors (Lipinski definition) is 9. The number of unbranched alkanes of at least 4 members (excludes halogenated alkanes) is 59. The summed E-state index contributed by atoms with van der Waals surface area (Å²) in [5, 5.41) is 87.7. The Kier molecular flexibility index (Phi) is 63.3. The third-order valence-electron chi connectivity index (χ3n) is 21.0. The van der Waals surface area contributed by atoms with Gasteiger partial charge in [-0.15, -0.1) is 0 Å². The van der Waals surface area contributed by atoms with E-state index in [0.717, 1.165) is 44.9 Å². The highest BCUT2D eigenvalue weighted by Crippen LogP contribution is 2.31. The zero-order chi connectivity index (χ0) is 69.4. The first-order chi connectivity index (χ1) is 47.1. The van der Waals surface area contributed by atoms with Crippen LogP contribution in [0.1, 0.15) is 412 Å². The average Bonchev–Trinajstić information content (AvgIpc) is 0.797. The van der Waals surface area contributed by atoms with Gasteiger partial charge in [0.15, 0.2) is 12.6 Å². The Balaban J connectivity index is 1.59. The van der Waals surface area contributed by atoms with E-state index in [1.165, 1.54) is 347 Å². The Labute approximate surface area is 590 Å². The van der Waals surface area contributed by atoms with Crippen molar-refractivity contribution in [2.75, 3.05) is 19.8 Å². The van der Waals surface area contributed by atoms with E-state index >= 15 is 0 Å². The molecule has 14 heteroatoms. The molecule has 12 unspecified atom stereocenters. The lowest BCUT2D eigenvalue weighted by Gasteiger charge is -2.46. The Bertz CT molecular complexity index is 1660. The summed E-state index contributed by atoms with van der Waals surface area (Å²) in [7, 11) is 0. The fourth-order valence-electron chi connectivity index (χ4n) is 14.4. The predicted octanol–water partition coefficient (Wildman–Crippen LogP) is 19.3. The molecule has 14 nitrogen and oxygen atoms in total. The third-order valence-corrected chi connectivity index (χ3v) is 21.0. The summed E-state index contributed by atoms with van der Waals surface area (Å²) in [5.74, 6) is -0.228. The smallest absolute Gasteiger partial charge is 0.220 e. The van der Waals surface area contributed by atoms with E-state index in [0.29, 0.717) is 0 Å². The van der Waals surface area contributed by atoms with E-state index in [9.17, 15) is 45.6 Å². The highest BCUT2D eigenvalue weighted by Gasteiger charge is 2.51. The van der Waals surface area contributed by atoms with E-state index in [4.69, 9.17) is 18.9 Å². The van der Waals surface area contributed by atoms with Gasteiger partial charge in [0, 0.05) is 6.42 Å². The van der Waals surface area contributed by atoms with Crippen molar-refractivity contribution in [2.45, 2.75) is 485 Å². The number of ether oxygens (including phenoxy) is 4. The first-order valence-electron chi connectivity index (χ1n) is 41.9. The van der Waals surface area contributed by atoms with Crippen LogP contribution in [0, 0.1) is 0 Å². The average molecular weight is 1370 g/mol. The highest BCUT2D eigenvalue weighted by molar-refractivity contribution is 5.76. The van der Waals surface area contributed by atoms with Crippen molar-refractivity contribution in [1.29, 1.82) is 0 Å². The van der Waals surface area contributed by atoms with Crippen LogP contribution in [0.3, 0.4) is 0 Å². The van der Waals surface area contributed by atoms with Crippen LogP contribution < -0.4 is 5.32 Å². The van der Waals surface area contributed by atoms with Crippen molar-refractivity contribution in [3.8, 4) is 0 Å². The van der Waals surface area contributed by atoms with E-state index in [1.54, 1.807) is 6.08 Å². The summed E-state index contributed by atoms with van der Waals surface area (Å²) in [6.45, 7) is 2.88. The van der Waals surface area contributed by atoms with Gasteiger partial charge in [-0.3, -0.25) is 4.79 Å². The fourth-order valence-corrected chi connectivity index (χ4v) is 14.4. The number of rotatable bonds is 72. The maximum Gasteiger partial charge on any atom is 0.220 e. The third kappa shape index (κ3) is 49.4. The monoisotopic (exact) mass is 1370 g/mol. The van der Waals surface area contributed by atoms with Crippen molar-refractivity contribution < 1.29 is 64.6 Å². The summed E-state index contributed by atoms with van der Waals surface area (Å²) in [4.78, 5) is 13.4. The molecule has 2 rings (SSSR count). The van der Waals surface area contributed by atoms with E-state index in [1.807, 2.05) is 6.08 Å². The SMILES string of the molecule is CCCCCCCCCCCCCCCCCCCCCCCCCCCC/C=C/C(O)C(COC1OC(CO)C(OC2OC(CO)C(O)C(O)C2O)C(O)C1O)NC(=O)CCCCCCCCCCCCCCCCCCCCCCCCCCCCCCCCCCCC. The van der Waals surface area contributed by atoms with Gasteiger partial charge in [0.1, 0.15) is 48.8 Å². The van der Waals surface area contributed by atoms with Gasteiger partial charge < -0.3 is 65.1 Å². The first-order valence-corrected chi connectivity index (χ1v) is 41.9. The molecule has 2 saturated heterocycles. The number of aliphatic hydroxyl groups excluding tert-OH is 8. The molecule has 0 saturated carbocycles. The van der Waals surface area contributed by atoms with Gasteiger partial charge in [0.25, 0.3) is 0 Å². The quantitative estimate of drug-likeness (QED) is 0.0204. The summed E-state index contributed by atoms with van der Waals surface area (Å²) in [5.41, 5.74) is 0. The fraction of sp³-hybridized carbons (Fsp3) is 0.963. The van der Waals surface area contributed by atoms with Crippen molar-refractivity contribution in [3.05, 3.63) is 12.2 Å². The minimum Gasteiger partial charge on any atom is -0.394 e. The highest BCUT2D eigenvalue weighted by atomic mass is 16.7. The van der Waals surface area contributed by atoms with Gasteiger partial charge in [-0.05, 0) is 19.3 Å². The van der Waals surface area contributed by atoms with Gasteiger partial charge in [-0.25, -0.2) is 0 Å². The van der Waals surface area contributed by atoms with Gasteiger partial charge in [0.05, 0.1) is 32.0 Å². The van der Waals surface area contributed by atoms with E-state index in [-0.39, 0.29) is 18.9 Å². The minimum absolute atomic E-state index is 0.228. The molecule has 0 aromatic heterocycles. The van der Waals surface area contributed by atoms with E-state index in [2.05, 4.69) is 19.2 Å². The number of aliphatic hydroxyl groups is 8. The van der Waals surface area contributed by atoms with Gasteiger partial charge >= 0.3 is 0 Å². The molecular formula is C82H159NO13. The first kappa shape index (κ1) is 90.8. The molecule has 0 spiro atoms. The zero-order valence-electron chi connectivity index (χ0n) is 62.7. The number of allylic oxidation sites excluding steroid dienone is 1. The second-order valence-electron chi connectivity index (χ2n) is 30.0. The number of carbonyl (C=O) groups excluding carboxylic acids is 1. The molecule has 570 valence electrons. The molecular weight excluding hydrogens is 1210 g/mol. The second-order valence-corrected chi connectivity index (χ2v) is 30.0. The molecule has 0 bridgehead atoms. The van der Waals surface area contributed by atoms with Gasteiger partial charge in [-0.1, -0.05) is 398 Å². The van der Waals surface area contributed by atoms with Crippen LogP contribution >= 0.6 is 0 Å². The Morgan fingerprint density at radius 1 is 0.365 bits per heavy atom. The van der Waals surface area contributed by atoms with Crippen molar-refractivity contribution in [3.63, 3.8) is 0 Å². The Morgan fingerprint density at radius 2 is 0.646 bits per heavy atom. The van der Waals surface area contributed by atoms with Crippen LogP contribution in [0.4, 0.5) is 0 Å². The largest absolute Gasteiger partial charge is 0.394 e. The molecule has 0 aliphatic carbocycles. The summed E-state index contributed by atoms with van der Waals surface area (Å²) in [6.07, 6.45) is 68.8. The summed E-state index contributed by atoms with van der Waals surface area (Å²) >= 11 is 0. The molecule has 2 fully saturated rings. The second kappa shape index (κ2) is 66.9. The standard InChI is InChI=1S/C82H159NO13/c1-3-5-7-9-11-13-15-17-19-21-23-25-27-29-31-33-34-35-36-37-38-40-42-44-46-48-50-52-54-56-58-60-62-64-66-74(87)83-70(69-93-81-79(92)77(90)80(73(68-85)95-81)96-82-78(91)76(89)75(88)72(67-84)94-82)71(86)65-63-61-59-57-55-53-51-49-47-45-43-41-39-32-30-28-26-24-22-20-18-16-14-12-10-8-6-4-2/h63,65,70-73,75-82,84-86,88-92H,3-62,64,66-69H2,1-2H3,(H,83,87)/b65-63+. The Morgan fingerprint density at radius 3 is 0.958 bits per heavy atom. The van der Waals surface area contributed by atoms with Gasteiger partial charge in [-0.2, -0.15) is 0 Å². The van der Waals surface area contributed by atoms with Crippen LogP contribution in [-0.2, 0) is 23.7 Å². The number of amides is 1. The molecule has 0 radical (unpaired) electrons. The summed E-state index contributed by atoms with van der Waals surface area (Å²) in [6, 6.07) is -0.913. The Hall–Kier alpha value is -1.27. The van der Waals surface area contributed by atoms with Crippen LogP contribution in [0.2, 0.25) is 0 Å². The molecule has 2 aliphatic heterocycles. The molecule has 0 aromatic rings. The van der Waals surface area contributed by atoms with Gasteiger partial charge in [0.2, 0.25) is 5.91 Å². The molecule has 2 aliphatic rings. The van der Waals surface area contributed by atoms with Crippen molar-refractivity contribution >= 4 is 5.91 Å². The lowest BCUT2D eigenvalue weighted by molar-refractivity contribution is -0.359. The number of hydrogen-bond acceptors (Lipinski definition) is 13. The van der Waals surface area contributed by atoms with Crippen LogP contribution in [0.5, 0.6) is 0 Å². The topological polar surface area (TPSA) is 228 Å². The maximum absolute atomic E-state index is 13.4. The lowest BCUT2D eigenvalue weighted by atomic mass is 9.97. The van der Waals surface area contributed by atoms with Crippen molar-refractivity contribution in [1.82, 2.24) is 5.32 Å². The number of nitrogens with one attached hydrogen (secondary N) is 1. The molecule has 1 amide bonds. The normalized spacial score (nSPS) is 22.2. The van der Waals surface area contributed by atoms with E-state index < -0.39 is 86.8 Å². The molecule has 96 heavy (non-hydrogen) atoms. The minimum atomic E-state index is -1.79. The molecule has 12 atom stereocenters. The molecule has 0 aromatic carbocycles. The van der Waals surface area contributed by atoms with Crippen molar-refractivity contribution in [2.24, 2.45) is 0 Å². The summed E-state index contributed by atoms with van der Waals surface area (Å²) < 4.78 is 22.9. The van der Waals surface area contributed by atoms with Crippen LogP contribution in [-0.4, -0.2) is 140 Å². The lowest BCUT2D eigenvalue weighted by Crippen LogP contribution is -2.65. The zero-order valence-corrected chi connectivity index (χ0v) is 62.7. The maximum atomic E-state index is 13.4. The van der Waals surface area contributed by atoms with Crippen LogP contribution in [0.25, 0.3) is 0 Å². The predicted molar refractivity (Wildman–Crippen MR) is 397 cm³/mol. The number of carbonyl (C=O) groups is 1.